The highest BCUT2D eigenvalue weighted by molar-refractivity contribution is 5.74. The topological polar surface area (TPSA) is 109 Å². The first-order valence-corrected chi connectivity index (χ1v) is 10.4. The van der Waals surface area contributed by atoms with Gasteiger partial charge in [0.05, 0.1) is 12.3 Å². The minimum atomic E-state index is -0.359. The van der Waals surface area contributed by atoms with E-state index >= 15 is 0 Å². The van der Waals surface area contributed by atoms with Gasteiger partial charge >= 0.3 is 0 Å². The first-order chi connectivity index (χ1) is 12.6. The van der Waals surface area contributed by atoms with Crippen LogP contribution in [0.5, 0.6) is 0 Å². The second kappa shape index (κ2) is 11.9. The molecule has 7 heteroatoms. The number of hydrogen-bond donors (Lipinski definition) is 5. The van der Waals surface area contributed by atoms with Gasteiger partial charge in [-0.2, -0.15) is 5.48 Å². The number of carbonyl (C=O) groups excluding carboxylic acids is 1. The maximum Gasteiger partial charge on any atom is 0.243 e. The van der Waals surface area contributed by atoms with Gasteiger partial charge in [-0.3, -0.25) is 14.8 Å². The van der Waals surface area contributed by atoms with Crippen LogP contribution in [0.2, 0.25) is 0 Å². The summed E-state index contributed by atoms with van der Waals surface area (Å²) in [7, 11) is 0. The maximum atomic E-state index is 11.6. The summed E-state index contributed by atoms with van der Waals surface area (Å²) in [5.74, 6) is 0.539. The molecular formula is C19H38N4O3. The van der Waals surface area contributed by atoms with Crippen molar-refractivity contribution in [3.8, 4) is 0 Å². The molecule has 7 nitrogen and oxygen atoms in total. The van der Waals surface area contributed by atoms with Gasteiger partial charge in [0, 0.05) is 19.0 Å². The van der Waals surface area contributed by atoms with E-state index in [1.54, 1.807) is 5.48 Å². The van der Waals surface area contributed by atoms with Crippen LogP contribution in [-0.2, 0) is 9.63 Å². The molecule has 152 valence electrons. The molecule has 3 atom stereocenters. The Labute approximate surface area is 157 Å². The van der Waals surface area contributed by atoms with E-state index in [-0.39, 0.29) is 30.5 Å². The Bertz CT molecular complexity index is 400. The monoisotopic (exact) mass is 370 g/mol. The lowest BCUT2D eigenvalue weighted by Gasteiger charge is -2.26. The minimum absolute atomic E-state index is 0.0573. The van der Waals surface area contributed by atoms with E-state index in [2.05, 4.69) is 10.8 Å². The summed E-state index contributed by atoms with van der Waals surface area (Å²) in [6, 6.07) is 0.612. The fraction of sp³-hybridized carbons (Fsp3) is 0.947. The van der Waals surface area contributed by atoms with Crippen molar-refractivity contribution in [3.05, 3.63) is 0 Å². The summed E-state index contributed by atoms with van der Waals surface area (Å²) >= 11 is 0. The molecule has 0 aromatic rings. The molecule has 0 heterocycles. The molecule has 0 bridgehead atoms. The molecule has 0 aliphatic heterocycles. The van der Waals surface area contributed by atoms with Gasteiger partial charge in [0.2, 0.25) is 5.91 Å². The highest BCUT2D eigenvalue weighted by atomic mass is 16.7. The Morgan fingerprint density at radius 3 is 2.62 bits per heavy atom. The molecule has 1 amide bonds. The average Bonchev–Trinajstić information content (AvgIpc) is 3.48. The number of nitrogens with one attached hydrogen (secondary N) is 3. The smallest absolute Gasteiger partial charge is 0.243 e. The number of hydrogen-bond acceptors (Lipinski definition) is 6. The fourth-order valence-corrected chi connectivity index (χ4v) is 3.84. The molecule has 2 aliphatic carbocycles. The van der Waals surface area contributed by atoms with E-state index in [0.717, 1.165) is 18.8 Å². The molecule has 2 unspecified atom stereocenters. The van der Waals surface area contributed by atoms with E-state index in [0.29, 0.717) is 12.6 Å². The molecule has 2 fully saturated rings. The van der Waals surface area contributed by atoms with Gasteiger partial charge in [0.1, 0.15) is 0 Å². The zero-order valence-electron chi connectivity index (χ0n) is 16.2. The van der Waals surface area contributed by atoms with E-state index in [9.17, 15) is 4.79 Å². The van der Waals surface area contributed by atoms with Gasteiger partial charge in [-0.15, -0.1) is 0 Å². The number of rotatable bonds is 13. The van der Waals surface area contributed by atoms with Crippen LogP contribution in [0.3, 0.4) is 0 Å². The van der Waals surface area contributed by atoms with Crippen LogP contribution in [0.15, 0.2) is 0 Å². The molecular weight excluding hydrogens is 332 g/mol. The van der Waals surface area contributed by atoms with Crippen LogP contribution in [0.4, 0.5) is 0 Å². The third-order valence-corrected chi connectivity index (χ3v) is 5.76. The zero-order valence-corrected chi connectivity index (χ0v) is 16.2. The molecule has 2 rings (SSSR count). The van der Waals surface area contributed by atoms with Crippen molar-refractivity contribution in [1.82, 2.24) is 16.3 Å². The van der Waals surface area contributed by atoms with Crippen molar-refractivity contribution in [2.24, 2.45) is 17.6 Å². The predicted octanol–water partition coefficient (Wildman–Crippen LogP) is 2.20. The molecule has 6 N–H and O–H groups in total. The van der Waals surface area contributed by atoms with Crippen molar-refractivity contribution in [3.63, 3.8) is 0 Å². The largest absolute Gasteiger partial charge is 0.313 e. The molecule has 2 saturated carbocycles. The quantitative estimate of drug-likeness (QED) is 0.193. The summed E-state index contributed by atoms with van der Waals surface area (Å²) in [5.41, 5.74) is 10.6. The summed E-state index contributed by atoms with van der Waals surface area (Å²) < 4.78 is 0. The standard InChI is InChI=1S/C19H38N4O3/c1-14(26-23-18(20)13-21-17-10-11-17)16(12-19(24)22-25)9-5-8-15-6-3-2-4-7-15/h14-18,21,23,25H,2-13,20H2,1H3,(H,22,24)/t14?,16-,18?/m1/s1. The fourth-order valence-electron chi connectivity index (χ4n) is 3.84. The van der Waals surface area contributed by atoms with Gasteiger partial charge in [-0.05, 0) is 38.0 Å². The van der Waals surface area contributed by atoms with Gasteiger partial charge < -0.3 is 11.1 Å². The average molecular weight is 371 g/mol. The Hall–Kier alpha value is -0.730. The highest BCUT2D eigenvalue weighted by Crippen LogP contribution is 2.29. The molecule has 0 aromatic carbocycles. The summed E-state index contributed by atoms with van der Waals surface area (Å²) in [6.07, 6.45) is 12.3. The van der Waals surface area contributed by atoms with Crippen LogP contribution in [0.1, 0.15) is 77.6 Å². The van der Waals surface area contributed by atoms with Crippen LogP contribution in [-0.4, -0.2) is 36.0 Å². The van der Waals surface area contributed by atoms with E-state index < -0.39 is 0 Å². The molecule has 0 radical (unpaired) electrons. The first-order valence-electron chi connectivity index (χ1n) is 10.4. The lowest BCUT2D eigenvalue weighted by Crippen LogP contribution is -2.47. The lowest BCUT2D eigenvalue weighted by atomic mass is 9.84. The second-order valence-corrected chi connectivity index (χ2v) is 8.16. The molecule has 26 heavy (non-hydrogen) atoms. The van der Waals surface area contributed by atoms with Gasteiger partial charge in [-0.25, -0.2) is 5.48 Å². The van der Waals surface area contributed by atoms with Crippen molar-refractivity contribution < 1.29 is 14.8 Å². The third-order valence-electron chi connectivity index (χ3n) is 5.76. The SMILES string of the molecule is CC(ONC(N)CNC1CC1)[C@H](CCCC1CCCCC1)CC(=O)NO. The lowest BCUT2D eigenvalue weighted by molar-refractivity contribution is -0.133. The number of carbonyl (C=O) groups is 1. The Balaban J connectivity index is 1.69. The molecule has 0 aromatic heterocycles. The highest BCUT2D eigenvalue weighted by Gasteiger charge is 2.24. The third kappa shape index (κ3) is 8.77. The summed E-state index contributed by atoms with van der Waals surface area (Å²) in [5, 5.41) is 12.2. The van der Waals surface area contributed by atoms with Crippen molar-refractivity contribution in [2.75, 3.05) is 6.54 Å². The maximum absolute atomic E-state index is 11.6. The van der Waals surface area contributed by atoms with Crippen LogP contribution < -0.4 is 22.0 Å². The summed E-state index contributed by atoms with van der Waals surface area (Å²) in [4.78, 5) is 17.4. The number of nitrogens with two attached hydrogens (primary N) is 1. The van der Waals surface area contributed by atoms with Gasteiger partial charge in [0.15, 0.2) is 0 Å². The van der Waals surface area contributed by atoms with Crippen molar-refractivity contribution in [2.45, 2.75) is 95.9 Å². The molecule has 0 spiro atoms. The van der Waals surface area contributed by atoms with Crippen LogP contribution in [0, 0.1) is 11.8 Å². The molecule has 0 saturated heterocycles. The van der Waals surface area contributed by atoms with E-state index in [1.807, 2.05) is 6.92 Å². The first kappa shape index (κ1) is 21.6. The van der Waals surface area contributed by atoms with E-state index in [1.165, 1.54) is 51.4 Å². The minimum Gasteiger partial charge on any atom is -0.313 e. The van der Waals surface area contributed by atoms with Crippen molar-refractivity contribution >= 4 is 5.91 Å². The Morgan fingerprint density at radius 1 is 1.23 bits per heavy atom. The van der Waals surface area contributed by atoms with E-state index in [4.69, 9.17) is 15.8 Å². The van der Waals surface area contributed by atoms with Crippen LogP contribution in [0.25, 0.3) is 0 Å². The zero-order chi connectivity index (χ0) is 18.8. The van der Waals surface area contributed by atoms with Crippen LogP contribution >= 0.6 is 0 Å². The predicted molar refractivity (Wildman–Crippen MR) is 101 cm³/mol. The number of hydroxylamine groups is 2. The Morgan fingerprint density at radius 2 is 1.96 bits per heavy atom. The summed E-state index contributed by atoms with van der Waals surface area (Å²) in [6.45, 7) is 2.63. The normalized spacial score (nSPS) is 22.0. The van der Waals surface area contributed by atoms with Crippen molar-refractivity contribution in [1.29, 1.82) is 0 Å². The Kier molecular flexibility index (Phi) is 9.85. The van der Waals surface area contributed by atoms with Gasteiger partial charge in [0.25, 0.3) is 0 Å². The second-order valence-electron chi connectivity index (χ2n) is 8.16. The number of amides is 1. The molecule has 2 aliphatic rings. The van der Waals surface area contributed by atoms with Gasteiger partial charge in [-0.1, -0.05) is 44.9 Å².